The molecule has 0 atom stereocenters. The lowest BCUT2D eigenvalue weighted by atomic mass is 10.1. The standard InChI is InChI=1S/C20H15ClN4O2S/c21-15-7-2-1-6-14(15)20-23-17(11-28-20)12-4-3-5-13(10-12)22-19(27)16-8-9-18(26)25-24-16/h1-7,10-11H,8-9H2,(H,22,27)(H,25,26). The molecule has 2 N–H and O–H groups in total. The Hall–Kier alpha value is -3.03. The van der Waals surface area contributed by atoms with E-state index in [0.717, 1.165) is 21.8 Å². The minimum Gasteiger partial charge on any atom is -0.321 e. The van der Waals surface area contributed by atoms with Crippen molar-refractivity contribution in [2.45, 2.75) is 12.8 Å². The lowest BCUT2D eigenvalue weighted by molar-refractivity contribution is -0.121. The second-order valence-corrected chi connectivity index (χ2v) is 7.41. The summed E-state index contributed by atoms with van der Waals surface area (Å²) in [4.78, 5) is 28.2. The number of anilines is 1. The average molecular weight is 411 g/mol. The molecule has 2 heterocycles. The van der Waals surface area contributed by atoms with E-state index in [1.807, 2.05) is 47.8 Å². The van der Waals surface area contributed by atoms with E-state index in [0.29, 0.717) is 22.8 Å². The Morgan fingerprint density at radius 2 is 2.00 bits per heavy atom. The van der Waals surface area contributed by atoms with Gasteiger partial charge in [-0.15, -0.1) is 11.3 Å². The predicted octanol–water partition coefficient (Wildman–Crippen LogP) is 4.34. The number of hydrogen-bond acceptors (Lipinski definition) is 5. The number of hydrogen-bond donors (Lipinski definition) is 2. The van der Waals surface area contributed by atoms with Crippen molar-refractivity contribution < 1.29 is 9.59 Å². The Balaban J connectivity index is 1.54. The Kier molecular flexibility index (Phi) is 5.18. The summed E-state index contributed by atoms with van der Waals surface area (Å²) >= 11 is 7.77. The molecule has 0 bridgehead atoms. The molecule has 1 aromatic heterocycles. The smallest absolute Gasteiger partial charge is 0.271 e. The normalized spacial score (nSPS) is 13.6. The monoisotopic (exact) mass is 410 g/mol. The molecule has 0 aliphatic carbocycles. The highest BCUT2D eigenvalue weighted by Gasteiger charge is 2.18. The van der Waals surface area contributed by atoms with E-state index in [9.17, 15) is 9.59 Å². The summed E-state index contributed by atoms with van der Waals surface area (Å²) in [5, 5.41) is 10.1. The van der Waals surface area contributed by atoms with Gasteiger partial charge in [0.25, 0.3) is 5.91 Å². The van der Waals surface area contributed by atoms with Crippen molar-refractivity contribution in [3.05, 3.63) is 58.9 Å². The minimum atomic E-state index is -0.327. The molecule has 2 amide bonds. The van der Waals surface area contributed by atoms with Crippen LogP contribution in [0.4, 0.5) is 5.69 Å². The highest BCUT2D eigenvalue weighted by Crippen LogP contribution is 2.33. The first kappa shape index (κ1) is 18.3. The molecule has 4 rings (SSSR count). The molecule has 140 valence electrons. The Morgan fingerprint density at radius 3 is 2.79 bits per heavy atom. The molecule has 0 unspecified atom stereocenters. The number of hydrazone groups is 1. The third kappa shape index (κ3) is 3.95. The lowest BCUT2D eigenvalue weighted by Gasteiger charge is -2.12. The van der Waals surface area contributed by atoms with Crippen molar-refractivity contribution in [1.82, 2.24) is 10.4 Å². The number of halogens is 1. The van der Waals surface area contributed by atoms with Crippen molar-refractivity contribution >= 4 is 46.2 Å². The van der Waals surface area contributed by atoms with E-state index in [-0.39, 0.29) is 18.2 Å². The zero-order chi connectivity index (χ0) is 19.5. The zero-order valence-electron chi connectivity index (χ0n) is 14.6. The quantitative estimate of drug-likeness (QED) is 0.671. The van der Waals surface area contributed by atoms with Crippen LogP contribution in [-0.4, -0.2) is 22.5 Å². The van der Waals surface area contributed by atoms with Crippen LogP contribution in [0.25, 0.3) is 21.8 Å². The minimum absolute atomic E-state index is 0.184. The first-order valence-electron chi connectivity index (χ1n) is 8.58. The summed E-state index contributed by atoms with van der Waals surface area (Å²) in [5.41, 5.74) is 5.84. The van der Waals surface area contributed by atoms with Crippen LogP contribution in [0, 0.1) is 0 Å². The van der Waals surface area contributed by atoms with E-state index in [4.69, 9.17) is 11.6 Å². The number of amides is 2. The van der Waals surface area contributed by atoms with Crippen molar-refractivity contribution in [3.63, 3.8) is 0 Å². The third-order valence-corrected chi connectivity index (χ3v) is 5.40. The van der Waals surface area contributed by atoms with Gasteiger partial charge in [-0.1, -0.05) is 41.9 Å². The molecule has 2 aromatic carbocycles. The van der Waals surface area contributed by atoms with E-state index in [1.165, 1.54) is 11.3 Å². The van der Waals surface area contributed by atoms with Crippen molar-refractivity contribution in [2.75, 3.05) is 5.32 Å². The topological polar surface area (TPSA) is 83.5 Å². The van der Waals surface area contributed by atoms with Crippen LogP contribution < -0.4 is 10.7 Å². The van der Waals surface area contributed by atoms with Crippen LogP contribution in [0.3, 0.4) is 0 Å². The first-order valence-corrected chi connectivity index (χ1v) is 9.83. The van der Waals surface area contributed by atoms with E-state index in [1.54, 1.807) is 6.07 Å². The van der Waals surface area contributed by atoms with Gasteiger partial charge in [-0.3, -0.25) is 9.59 Å². The summed E-state index contributed by atoms with van der Waals surface area (Å²) in [6.07, 6.45) is 0.584. The number of nitrogens with one attached hydrogen (secondary N) is 2. The maximum atomic E-state index is 12.3. The first-order chi connectivity index (χ1) is 13.6. The number of nitrogens with zero attached hydrogens (tertiary/aromatic N) is 2. The molecule has 28 heavy (non-hydrogen) atoms. The van der Waals surface area contributed by atoms with Crippen molar-refractivity contribution in [3.8, 4) is 21.8 Å². The van der Waals surface area contributed by atoms with Gasteiger partial charge in [0.1, 0.15) is 10.7 Å². The van der Waals surface area contributed by atoms with E-state index < -0.39 is 0 Å². The fraction of sp³-hybridized carbons (Fsp3) is 0.100. The van der Waals surface area contributed by atoms with Gasteiger partial charge in [-0.05, 0) is 18.2 Å². The van der Waals surface area contributed by atoms with Crippen LogP contribution in [0.1, 0.15) is 12.8 Å². The maximum Gasteiger partial charge on any atom is 0.271 e. The summed E-state index contributed by atoms with van der Waals surface area (Å²) in [6.45, 7) is 0. The lowest BCUT2D eigenvalue weighted by Crippen LogP contribution is -2.32. The Bertz CT molecular complexity index is 1090. The molecular formula is C20H15ClN4O2S. The summed E-state index contributed by atoms with van der Waals surface area (Å²) in [7, 11) is 0. The Labute approximate surface area is 170 Å². The highest BCUT2D eigenvalue weighted by molar-refractivity contribution is 7.13. The highest BCUT2D eigenvalue weighted by atomic mass is 35.5. The van der Waals surface area contributed by atoms with Crippen LogP contribution in [0.2, 0.25) is 5.02 Å². The fourth-order valence-electron chi connectivity index (χ4n) is 2.76. The Morgan fingerprint density at radius 1 is 1.14 bits per heavy atom. The molecule has 6 nitrogen and oxygen atoms in total. The third-order valence-electron chi connectivity index (χ3n) is 4.19. The number of rotatable bonds is 4. The largest absolute Gasteiger partial charge is 0.321 e. The van der Waals surface area contributed by atoms with Crippen LogP contribution >= 0.6 is 22.9 Å². The summed E-state index contributed by atoms with van der Waals surface area (Å²) in [5.74, 6) is -0.511. The van der Waals surface area contributed by atoms with Gasteiger partial charge in [-0.25, -0.2) is 10.4 Å². The average Bonchev–Trinajstić information content (AvgIpc) is 3.19. The molecular weight excluding hydrogens is 396 g/mol. The SMILES string of the molecule is O=C1CCC(C(=O)Nc2cccc(-c3csc(-c4ccccc4Cl)n3)c2)=NN1. The molecule has 0 fully saturated rings. The maximum absolute atomic E-state index is 12.3. The number of benzene rings is 2. The zero-order valence-corrected chi connectivity index (χ0v) is 16.2. The van der Waals surface area contributed by atoms with Crippen LogP contribution in [0.15, 0.2) is 59.0 Å². The summed E-state index contributed by atoms with van der Waals surface area (Å²) in [6, 6.07) is 15.0. The molecule has 3 aromatic rings. The second kappa shape index (κ2) is 7.92. The predicted molar refractivity (Wildman–Crippen MR) is 111 cm³/mol. The van der Waals surface area contributed by atoms with Gasteiger partial charge in [0.05, 0.1) is 10.7 Å². The molecule has 1 aliphatic rings. The van der Waals surface area contributed by atoms with Gasteiger partial charge >= 0.3 is 0 Å². The number of aromatic nitrogens is 1. The fourth-order valence-corrected chi connectivity index (χ4v) is 3.91. The molecule has 0 saturated carbocycles. The molecule has 0 spiro atoms. The van der Waals surface area contributed by atoms with Gasteiger partial charge in [0, 0.05) is 35.0 Å². The number of carbonyl (C=O) groups is 2. The molecule has 1 aliphatic heterocycles. The van der Waals surface area contributed by atoms with Crippen LogP contribution in [0.5, 0.6) is 0 Å². The molecule has 0 radical (unpaired) electrons. The second-order valence-electron chi connectivity index (χ2n) is 6.15. The van der Waals surface area contributed by atoms with Gasteiger partial charge < -0.3 is 5.32 Å². The van der Waals surface area contributed by atoms with Gasteiger partial charge in [-0.2, -0.15) is 5.10 Å². The van der Waals surface area contributed by atoms with E-state index in [2.05, 4.69) is 20.8 Å². The number of carbonyl (C=O) groups excluding carboxylic acids is 2. The van der Waals surface area contributed by atoms with Gasteiger partial charge in [0.15, 0.2) is 0 Å². The molecule has 8 heteroatoms. The van der Waals surface area contributed by atoms with Crippen molar-refractivity contribution in [2.24, 2.45) is 5.10 Å². The van der Waals surface area contributed by atoms with Crippen LogP contribution in [-0.2, 0) is 9.59 Å². The number of thiazole rings is 1. The van der Waals surface area contributed by atoms with E-state index >= 15 is 0 Å². The van der Waals surface area contributed by atoms with Gasteiger partial charge in [0.2, 0.25) is 5.91 Å². The van der Waals surface area contributed by atoms with Crippen molar-refractivity contribution in [1.29, 1.82) is 0 Å². The molecule has 0 saturated heterocycles. The summed E-state index contributed by atoms with van der Waals surface area (Å²) < 4.78 is 0.